The van der Waals surface area contributed by atoms with Crippen molar-refractivity contribution >= 4 is 29.4 Å². The normalized spacial score (nSPS) is 10.7. The van der Waals surface area contributed by atoms with Crippen molar-refractivity contribution in [3.05, 3.63) is 76.1 Å². The molecule has 172 valence electrons. The number of benzene rings is 2. The van der Waals surface area contributed by atoms with Gasteiger partial charge >= 0.3 is 12.6 Å². The Labute approximate surface area is 192 Å². The average molecular weight is 478 g/mol. The second kappa shape index (κ2) is 10.2. The monoisotopic (exact) mass is 477 g/mol. The molecule has 0 aliphatic rings. The maximum absolute atomic E-state index is 12.2. The second-order valence-electron chi connectivity index (χ2n) is 6.80. The maximum Gasteiger partial charge on any atom is 0.387 e. The number of esters is 1. The fourth-order valence-electron chi connectivity index (χ4n) is 2.85. The lowest BCUT2D eigenvalue weighted by Gasteiger charge is -2.08. The highest BCUT2D eigenvalue weighted by Crippen LogP contribution is 2.22. The van der Waals surface area contributed by atoms with Gasteiger partial charge in [-0.05, 0) is 62.4 Å². The number of rotatable bonds is 7. The fraction of sp³-hybridized carbons (Fsp3) is 0.182. The van der Waals surface area contributed by atoms with Crippen LogP contribution in [0.25, 0.3) is 5.69 Å². The largest absolute Gasteiger partial charge is 0.452 e. The maximum atomic E-state index is 12.2. The molecule has 0 fully saturated rings. The number of ether oxygens (including phenoxy) is 2. The van der Waals surface area contributed by atoms with Gasteiger partial charge in [-0.15, -0.1) is 0 Å². The van der Waals surface area contributed by atoms with Gasteiger partial charge in [0.1, 0.15) is 5.75 Å². The number of carbonyl (C=O) groups is 3. The minimum atomic E-state index is -2.99. The Bertz CT molecular complexity index is 1180. The Morgan fingerprint density at radius 2 is 1.64 bits per heavy atom. The topological polar surface area (TPSA) is 99.5 Å². The molecule has 11 heteroatoms. The van der Waals surface area contributed by atoms with Crippen molar-refractivity contribution in [2.75, 3.05) is 6.61 Å². The summed E-state index contributed by atoms with van der Waals surface area (Å²) in [5, 5.41) is 6.92. The number of hydrogen-bond donors (Lipinski definition) is 1. The highest BCUT2D eigenvalue weighted by molar-refractivity contribution is 6.31. The number of amides is 2. The highest BCUT2D eigenvalue weighted by Gasteiger charge is 2.15. The van der Waals surface area contributed by atoms with E-state index in [-0.39, 0.29) is 16.9 Å². The number of aromatic nitrogens is 2. The van der Waals surface area contributed by atoms with Crippen LogP contribution in [0.3, 0.4) is 0 Å². The SMILES string of the molecule is Cc1nn(-c2ccc(C(=O)OCC(=O)NC(=O)c3ccc(OC(F)F)cc3)cc2)c(C)c1Cl. The van der Waals surface area contributed by atoms with E-state index in [1.54, 1.807) is 23.7 Å². The molecular weight excluding hydrogens is 460 g/mol. The molecule has 3 aromatic rings. The first-order chi connectivity index (χ1) is 15.7. The molecule has 2 aromatic carbocycles. The molecule has 2 amide bonds. The summed E-state index contributed by atoms with van der Waals surface area (Å²) in [6.45, 7) is -0.0823. The summed E-state index contributed by atoms with van der Waals surface area (Å²) in [6.07, 6.45) is 0. The summed E-state index contributed by atoms with van der Waals surface area (Å²) in [5.41, 5.74) is 2.35. The van der Waals surface area contributed by atoms with E-state index in [0.29, 0.717) is 16.4 Å². The van der Waals surface area contributed by atoms with Crippen LogP contribution in [0.1, 0.15) is 32.1 Å². The van der Waals surface area contributed by atoms with Crippen molar-refractivity contribution in [3.63, 3.8) is 0 Å². The lowest BCUT2D eigenvalue weighted by atomic mass is 10.2. The Hall–Kier alpha value is -3.79. The van der Waals surface area contributed by atoms with E-state index < -0.39 is 31.0 Å². The van der Waals surface area contributed by atoms with Gasteiger partial charge in [0.05, 0.1) is 27.7 Å². The van der Waals surface area contributed by atoms with Gasteiger partial charge in [-0.2, -0.15) is 13.9 Å². The van der Waals surface area contributed by atoms with Crippen LogP contribution in [-0.4, -0.2) is 40.8 Å². The predicted molar refractivity (Wildman–Crippen MR) is 114 cm³/mol. The van der Waals surface area contributed by atoms with Crippen LogP contribution in [-0.2, 0) is 9.53 Å². The summed E-state index contributed by atoms with van der Waals surface area (Å²) in [5.74, 6) is -2.53. The molecule has 1 aromatic heterocycles. The molecule has 8 nitrogen and oxygen atoms in total. The molecule has 33 heavy (non-hydrogen) atoms. The molecule has 0 atom stereocenters. The van der Waals surface area contributed by atoms with Crippen LogP contribution in [0.2, 0.25) is 5.02 Å². The van der Waals surface area contributed by atoms with Gasteiger partial charge in [0.15, 0.2) is 6.61 Å². The van der Waals surface area contributed by atoms with Crippen LogP contribution in [0.4, 0.5) is 8.78 Å². The number of nitrogens with one attached hydrogen (secondary N) is 1. The molecule has 3 rings (SSSR count). The van der Waals surface area contributed by atoms with Gasteiger partial charge < -0.3 is 9.47 Å². The van der Waals surface area contributed by atoms with E-state index in [0.717, 1.165) is 17.8 Å². The lowest BCUT2D eigenvalue weighted by Crippen LogP contribution is -2.34. The number of carbonyl (C=O) groups excluding carboxylic acids is 3. The van der Waals surface area contributed by atoms with Crippen molar-refractivity contribution in [2.24, 2.45) is 0 Å². The first-order valence-corrected chi connectivity index (χ1v) is 9.92. The molecule has 0 saturated heterocycles. The van der Waals surface area contributed by atoms with E-state index in [1.807, 2.05) is 12.2 Å². The number of nitrogens with zero attached hydrogens (tertiary/aromatic N) is 2. The number of alkyl halides is 2. The smallest absolute Gasteiger partial charge is 0.387 e. The fourth-order valence-corrected chi connectivity index (χ4v) is 2.97. The summed E-state index contributed by atoms with van der Waals surface area (Å²) >= 11 is 6.15. The Morgan fingerprint density at radius 3 is 2.18 bits per heavy atom. The van der Waals surface area contributed by atoms with Crippen LogP contribution in [0.5, 0.6) is 5.75 Å². The van der Waals surface area contributed by atoms with Crippen LogP contribution in [0.15, 0.2) is 48.5 Å². The highest BCUT2D eigenvalue weighted by atomic mass is 35.5. The van der Waals surface area contributed by atoms with Gasteiger partial charge in [-0.25, -0.2) is 9.48 Å². The van der Waals surface area contributed by atoms with Crippen LogP contribution >= 0.6 is 11.6 Å². The van der Waals surface area contributed by atoms with Crippen molar-refractivity contribution < 1.29 is 32.6 Å². The molecule has 0 radical (unpaired) electrons. The van der Waals surface area contributed by atoms with E-state index in [1.165, 1.54) is 24.3 Å². The standard InChI is InChI=1S/C22H18ClF2N3O5/c1-12-19(23)13(2)28(27-12)16-7-3-15(4-8-16)21(31)32-11-18(29)26-20(30)14-5-9-17(10-6-14)33-22(24)25/h3-10,22H,11H2,1-2H3,(H,26,29,30). The zero-order valence-electron chi connectivity index (χ0n) is 17.5. The lowest BCUT2D eigenvalue weighted by molar-refractivity contribution is -0.123. The third-order valence-corrected chi connectivity index (χ3v) is 5.03. The Morgan fingerprint density at radius 1 is 1.03 bits per heavy atom. The number of imide groups is 1. The van der Waals surface area contributed by atoms with Crippen molar-refractivity contribution in [3.8, 4) is 11.4 Å². The minimum Gasteiger partial charge on any atom is -0.452 e. The predicted octanol–water partition coefficient (Wildman–Crippen LogP) is 3.86. The molecular formula is C22H18ClF2N3O5. The van der Waals surface area contributed by atoms with Gasteiger partial charge in [0, 0.05) is 5.56 Å². The zero-order valence-corrected chi connectivity index (χ0v) is 18.2. The van der Waals surface area contributed by atoms with Crippen molar-refractivity contribution in [1.29, 1.82) is 0 Å². The van der Waals surface area contributed by atoms with Crippen molar-refractivity contribution in [1.82, 2.24) is 15.1 Å². The van der Waals surface area contributed by atoms with Crippen LogP contribution < -0.4 is 10.1 Å². The van der Waals surface area contributed by atoms with Gasteiger partial charge in [-0.1, -0.05) is 11.6 Å². The molecule has 0 saturated carbocycles. The third-order valence-electron chi connectivity index (χ3n) is 4.48. The summed E-state index contributed by atoms with van der Waals surface area (Å²) in [6, 6.07) is 11.1. The first kappa shape index (κ1) is 23.9. The molecule has 0 spiro atoms. The van der Waals surface area contributed by atoms with Gasteiger partial charge in [-0.3, -0.25) is 14.9 Å². The molecule has 0 bridgehead atoms. The third kappa shape index (κ3) is 5.92. The summed E-state index contributed by atoms with van der Waals surface area (Å²) < 4.78 is 35.1. The van der Waals surface area contributed by atoms with E-state index in [9.17, 15) is 23.2 Å². The van der Waals surface area contributed by atoms with E-state index in [4.69, 9.17) is 16.3 Å². The number of halogens is 3. The minimum absolute atomic E-state index is 0.0381. The summed E-state index contributed by atoms with van der Waals surface area (Å²) in [7, 11) is 0. The summed E-state index contributed by atoms with van der Waals surface area (Å²) in [4.78, 5) is 36.2. The average Bonchev–Trinajstić information content (AvgIpc) is 3.05. The quantitative estimate of drug-likeness (QED) is 0.519. The number of hydrogen-bond acceptors (Lipinski definition) is 6. The number of aryl methyl sites for hydroxylation is 1. The second-order valence-corrected chi connectivity index (χ2v) is 7.18. The molecule has 0 aliphatic carbocycles. The molecule has 0 aliphatic heterocycles. The van der Waals surface area contributed by atoms with Gasteiger partial charge in [0.2, 0.25) is 0 Å². The van der Waals surface area contributed by atoms with E-state index in [2.05, 4.69) is 9.84 Å². The van der Waals surface area contributed by atoms with Crippen molar-refractivity contribution in [2.45, 2.75) is 20.5 Å². The molecule has 0 unspecified atom stereocenters. The zero-order chi connectivity index (χ0) is 24.1. The first-order valence-electron chi connectivity index (χ1n) is 9.54. The Kier molecular flexibility index (Phi) is 7.39. The van der Waals surface area contributed by atoms with E-state index >= 15 is 0 Å². The van der Waals surface area contributed by atoms with Crippen LogP contribution in [0, 0.1) is 13.8 Å². The van der Waals surface area contributed by atoms with Gasteiger partial charge in [0.25, 0.3) is 11.8 Å². The molecule has 1 N–H and O–H groups in total. The Balaban J connectivity index is 1.53. The molecule has 1 heterocycles.